The Morgan fingerprint density at radius 3 is 2.94 bits per heavy atom. The lowest BCUT2D eigenvalue weighted by Gasteiger charge is -2.30. The fourth-order valence-corrected chi connectivity index (χ4v) is 3.92. The minimum atomic E-state index is -3.55. The molecule has 0 radical (unpaired) electrons. The fourth-order valence-electron chi connectivity index (χ4n) is 2.08. The van der Waals surface area contributed by atoms with Crippen LogP contribution in [0.2, 0.25) is 0 Å². The molecule has 1 fully saturated rings. The number of nitrogens with zero attached hydrogens (tertiary/aromatic N) is 2. The number of aromatic amines is 1. The Kier molecular flexibility index (Phi) is 3.71. The topological polar surface area (TPSA) is 101 Å². The number of nitrogens with one attached hydrogen (secondary N) is 1. The minimum Gasteiger partial charge on any atom is -0.376 e. The monoisotopic (exact) mass is 274 g/mol. The smallest absolute Gasteiger partial charge is 0.246 e. The van der Waals surface area contributed by atoms with Gasteiger partial charge in [0.25, 0.3) is 0 Å². The molecular weight excluding hydrogens is 256 g/mol. The SMILES string of the molecule is Cc1[nH]nc(CN)c1S(=O)(=O)N1CCOC(C)C1. The normalized spacial score (nSPS) is 22.3. The van der Waals surface area contributed by atoms with Gasteiger partial charge in [-0.25, -0.2) is 8.42 Å². The Labute approximate surface area is 106 Å². The zero-order valence-electron chi connectivity index (χ0n) is 10.5. The van der Waals surface area contributed by atoms with Crippen LogP contribution >= 0.6 is 0 Å². The van der Waals surface area contributed by atoms with Crippen molar-refractivity contribution in [2.24, 2.45) is 5.73 Å². The molecule has 2 heterocycles. The number of ether oxygens (including phenoxy) is 1. The Bertz CT molecular complexity index is 525. The Morgan fingerprint density at radius 2 is 2.33 bits per heavy atom. The average molecular weight is 274 g/mol. The van der Waals surface area contributed by atoms with Gasteiger partial charge in [-0.2, -0.15) is 9.40 Å². The number of H-pyrrole nitrogens is 1. The van der Waals surface area contributed by atoms with Crippen molar-refractivity contribution in [2.45, 2.75) is 31.4 Å². The predicted octanol–water partition coefficient (Wildman–Crippen LogP) is -0.414. The van der Waals surface area contributed by atoms with Crippen LogP contribution in [0.25, 0.3) is 0 Å². The zero-order valence-corrected chi connectivity index (χ0v) is 11.3. The molecule has 1 aromatic heterocycles. The summed E-state index contributed by atoms with van der Waals surface area (Å²) in [6.45, 7) is 4.77. The summed E-state index contributed by atoms with van der Waals surface area (Å²) >= 11 is 0. The van der Waals surface area contributed by atoms with Crippen LogP contribution in [-0.2, 0) is 21.3 Å². The molecule has 0 bridgehead atoms. The van der Waals surface area contributed by atoms with Crippen LogP contribution in [0.15, 0.2) is 4.90 Å². The lowest BCUT2D eigenvalue weighted by molar-refractivity contribution is 0.0101. The summed E-state index contributed by atoms with van der Waals surface area (Å²) in [5.74, 6) is 0. The Balaban J connectivity index is 2.38. The second-order valence-electron chi connectivity index (χ2n) is 4.37. The first-order valence-electron chi connectivity index (χ1n) is 5.82. The van der Waals surface area contributed by atoms with E-state index in [1.54, 1.807) is 6.92 Å². The van der Waals surface area contributed by atoms with E-state index in [1.165, 1.54) is 4.31 Å². The maximum atomic E-state index is 12.5. The van der Waals surface area contributed by atoms with Gasteiger partial charge in [0, 0.05) is 19.6 Å². The van der Waals surface area contributed by atoms with Gasteiger partial charge < -0.3 is 10.5 Å². The third-order valence-corrected chi connectivity index (χ3v) is 5.03. The molecule has 1 aromatic rings. The average Bonchev–Trinajstić information content (AvgIpc) is 2.71. The molecule has 0 saturated carbocycles. The maximum Gasteiger partial charge on any atom is 0.246 e. The fraction of sp³-hybridized carbons (Fsp3) is 0.700. The maximum absolute atomic E-state index is 12.5. The lowest BCUT2D eigenvalue weighted by Crippen LogP contribution is -2.44. The van der Waals surface area contributed by atoms with Crippen molar-refractivity contribution in [3.8, 4) is 0 Å². The number of aromatic nitrogens is 2. The summed E-state index contributed by atoms with van der Waals surface area (Å²) in [7, 11) is -3.55. The van der Waals surface area contributed by atoms with Gasteiger partial charge in [-0.05, 0) is 13.8 Å². The second kappa shape index (κ2) is 4.96. The van der Waals surface area contributed by atoms with Crippen molar-refractivity contribution in [1.82, 2.24) is 14.5 Å². The molecule has 2 rings (SSSR count). The van der Waals surface area contributed by atoms with Crippen molar-refractivity contribution in [3.05, 3.63) is 11.4 Å². The molecule has 0 aliphatic carbocycles. The number of morpholine rings is 1. The molecule has 0 amide bonds. The van der Waals surface area contributed by atoms with Crippen LogP contribution in [0.3, 0.4) is 0 Å². The van der Waals surface area contributed by atoms with E-state index < -0.39 is 10.0 Å². The Hall–Kier alpha value is -0.960. The first-order chi connectivity index (χ1) is 8.46. The number of hydrogen-bond acceptors (Lipinski definition) is 5. The number of hydrogen-bond donors (Lipinski definition) is 2. The summed E-state index contributed by atoms with van der Waals surface area (Å²) < 4.78 is 31.9. The van der Waals surface area contributed by atoms with E-state index in [0.29, 0.717) is 31.1 Å². The highest BCUT2D eigenvalue weighted by Crippen LogP contribution is 2.23. The highest BCUT2D eigenvalue weighted by Gasteiger charge is 2.33. The molecule has 1 aliphatic rings. The van der Waals surface area contributed by atoms with Crippen molar-refractivity contribution in [1.29, 1.82) is 0 Å². The van der Waals surface area contributed by atoms with Gasteiger partial charge in [0.2, 0.25) is 10.0 Å². The van der Waals surface area contributed by atoms with Crippen molar-refractivity contribution in [3.63, 3.8) is 0 Å². The van der Waals surface area contributed by atoms with Gasteiger partial charge >= 0.3 is 0 Å². The van der Waals surface area contributed by atoms with Crippen LogP contribution in [0.1, 0.15) is 18.3 Å². The number of aryl methyl sites for hydroxylation is 1. The van der Waals surface area contributed by atoms with E-state index in [-0.39, 0.29) is 17.5 Å². The first-order valence-corrected chi connectivity index (χ1v) is 7.26. The Morgan fingerprint density at radius 1 is 1.61 bits per heavy atom. The largest absolute Gasteiger partial charge is 0.376 e. The van der Waals surface area contributed by atoms with Crippen molar-refractivity contribution >= 4 is 10.0 Å². The molecule has 0 aromatic carbocycles. The van der Waals surface area contributed by atoms with Gasteiger partial charge in [-0.1, -0.05) is 0 Å². The van der Waals surface area contributed by atoms with Crippen LogP contribution in [0.5, 0.6) is 0 Å². The van der Waals surface area contributed by atoms with Crippen molar-refractivity contribution < 1.29 is 13.2 Å². The summed E-state index contributed by atoms with van der Waals surface area (Å²) in [5, 5.41) is 6.60. The quantitative estimate of drug-likeness (QED) is 0.780. The van der Waals surface area contributed by atoms with Gasteiger partial charge in [0.05, 0.1) is 24.1 Å². The third kappa shape index (κ3) is 2.28. The molecular formula is C10H18N4O3S. The predicted molar refractivity (Wildman–Crippen MR) is 65.4 cm³/mol. The van der Waals surface area contributed by atoms with Gasteiger partial charge in [0.1, 0.15) is 4.90 Å². The highest BCUT2D eigenvalue weighted by atomic mass is 32.2. The van der Waals surface area contributed by atoms with E-state index in [9.17, 15) is 8.42 Å². The molecule has 1 saturated heterocycles. The number of nitrogens with two attached hydrogens (primary N) is 1. The molecule has 102 valence electrons. The lowest BCUT2D eigenvalue weighted by atomic mass is 10.3. The second-order valence-corrected chi connectivity index (χ2v) is 6.25. The van der Waals surface area contributed by atoms with Crippen LogP contribution in [0, 0.1) is 6.92 Å². The minimum absolute atomic E-state index is 0.0953. The van der Waals surface area contributed by atoms with E-state index in [4.69, 9.17) is 10.5 Å². The molecule has 3 N–H and O–H groups in total. The summed E-state index contributed by atoms with van der Waals surface area (Å²) in [5.41, 5.74) is 6.43. The van der Waals surface area contributed by atoms with Gasteiger partial charge in [-0.3, -0.25) is 5.10 Å². The summed E-state index contributed by atoms with van der Waals surface area (Å²) in [6.07, 6.45) is -0.0953. The third-order valence-electron chi connectivity index (χ3n) is 2.96. The molecule has 7 nitrogen and oxygen atoms in total. The summed E-state index contributed by atoms with van der Waals surface area (Å²) in [4.78, 5) is 0.208. The molecule has 0 spiro atoms. The molecule has 1 unspecified atom stereocenters. The highest BCUT2D eigenvalue weighted by molar-refractivity contribution is 7.89. The zero-order chi connectivity index (χ0) is 13.3. The van der Waals surface area contributed by atoms with Gasteiger partial charge in [-0.15, -0.1) is 0 Å². The van der Waals surface area contributed by atoms with E-state index >= 15 is 0 Å². The van der Waals surface area contributed by atoms with E-state index in [0.717, 1.165) is 0 Å². The van der Waals surface area contributed by atoms with Crippen LogP contribution in [-0.4, -0.2) is 48.7 Å². The molecule has 8 heteroatoms. The van der Waals surface area contributed by atoms with Crippen molar-refractivity contribution in [2.75, 3.05) is 19.7 Å². The standard InChI is InChI=1S/C10H18N4O3S/c1-7-6-14(3-4-17-7)18(15,16)10-8(2)12-13-9(10)5-11/h7H,3-6,11H2,1-2H3,(H,12,13). The molecule has 18 heavy (non-hydrogen) atoms. The first kappa shape index (κ1) is 13.5. The van der Waals surface area contributed by atoms with Gasteiger partial charge in [0.15, 0.2) is 0 Å². The van der Waals surface area contributed by atoms with E-state index in [2.05, 4.69) is 10.2 Å². The van der Waals surface area contributed by atoms with Crippen LogP contribution < -0.4 is 5.73 Å². The molecule has 1 atom stereocenters. The molecule has 1 aliphatic heterocycles. The number of sulfonamides is 1. The summed E-state index contributed by atoms with van der Waals surface area (Å²) in [6, 6.07) is 0. The number of rotatable bonds is 3. The van der Waals surface area contributed by atoms with E-state index in [1.807, 2.05) is 6.92 Å². The van der Waals surface area contributed by atoms with Crippen LogP contribution in [0.4, 0.5) is 0 Å².